The van der Waals surface area contributed by atoms with Crippen molar-refractivity contribution in [2.75, 3.05) is 5.32 Å². The van der Waals surface area contributed by atoms with Crippen LogP contribution in [0.4, 0.5) is 5.69 Å². The molecule has 6 heteroatoms. The van der Waals surface area contributed by atoms with Crippen molar-refractivity contribution in [3.63, 3.8) is 0 Å². The Labute approximate surface area is 130 Å². The molecule has 0 saturated carbocycles. The molecule has 2 aromatic heterocycles. The van der Waals surface area contributed by atoms with E-state index in [0.29, 0.717) is 4.47 Å². The number of nitrogens with zero attached hydrogens (tertiary/aromatic N) is 2. The third kappa shape index (κ3) is 3.17. The molecule has 0 radical (unpaired) electrons. The van der Waals surface area contributed by atoms with E-state index in [1.165, 1.54) is 11.3 Å². The SMILES string of the molecule is Cc1nc(-c2cccc(NCc3cnc(Cl)s3)c2)cs1. The normalized spacial score (nSPS) is 10.7. The van der Waals surface area contributed by atoms with Gasteiger partial charge in [0.2, 0.25) is 0 Å². The lowest BCUT2D eigenvalue weighted by Gasteiger charge is -2.06. The van der Waals surface area contributed by atoms with Crippen molar-refractivity contribution < 1.29 is 0 Å². The highest BCUT2D eigenvalue weighted by Gasteiger charge is 2.04. The molecule has 0 bridgehead atoms. The van der Waals surface area contributed by atoms with E-state index in [0.717, 1.165) is 33.4 Å². The van der Waals surface area contributed by atoms with Gasteiger partial charge >= 0.3 is 0 Å². The van der Waals surface area contributed by atoms with E-state index in [-0.39, 0.29) is 0 Å². The second kappa shape index (κ2) is 5.91. The molecule has 0 saturated heterocycles. The van der Waals surface area contributed by atoms with Crippen LogP contribution in [0.25, 0.3) is 11.3 Å². The maximum atomic E-state index is 5.82. The highest BCUT2D eigenvalue weighted by atomic mass is 35.5. The Morgan fingerprint density at radius 2 is 2.25 bits per heavy atom. The summed E-state index contributed by atoms with van der Waals surface area (Å²) in [4.78, 5) is 9.66. The van der Waals surface area contributed by atoms with Crippen LogP contribution in [-0.2, 0) is 6.54 Å². The Morgan fingerprint density at radius 1 is 1.35 bits per heavy atom. The van der Waals surface area contributed by atoms with Crippen molar-refractivity contribution in [1.29, 1.82) is 0 Å². The van der Waals surface area contributed by atoms with Crippen molar-refractivity contribution in [1.82, 2.24) is 9.97 Å². The Morgan fingerprint density at radius 3 is 2.95 bits per heavy atom. The van der Waals surface area contributed by atoms with Gasteiger partial charge < -0.3 is 5.32 Å². The number of benzene rings is 1. The monoisotopic (exact) mass is 321 g/mol. The van der Waals surface area contributed by atoms with Gasteiger partial charge in [0.1, 0.15) is 0 Å². The first-order valence-corrected chi connectivity index (χ1v) is 8.15. The molecule has 0 aliphatic rings. The Hall–Kier alpha value is -1.43. The average molecular weight is 322 g/mol. The van der Waals surface area contributed by atoms with Gasteiger partial charge in [0, 0.05) is 27.7 Å². The molecule has 0 amide bonds. The van der Waals surface area contributed by atoms with E-state index in [9.17, 15) is 0 Å². The smallest absolute Gasteiger partial charge is 0.183 e. The lowest BCUT2D eigenvalue weighted by molar-refractivity contribution is 1.17. The summed E-state index contributed by atoms with van der Waals surface area (Å²) in [6.45, 7) is 2.74. The summed E-state index contributed by atoms with van der Waals surface area (Å²) in [5.74, 6) is 0. The molecule has 1 aromatic carbocycles. The second-order valence-electron chi connectivity index (χ2n) is 4.27. The lowest BCUT2D eigenvalue weighted by atomic mass is 10.1. The lowest BCUT2D eigenvalue weighted by Crippen LogP contribution is -1.97. The van der Waals surface area contributed by atoms with Gasteiger partial charge in [-0.2, -0.15) is 0 Å². The van der Waals surface area contributed by atoms with Crippen LogP contribution in [0, 0.1) is 6.92 Å². The highest BCUT2D eigenvalue weighted by Crippen LogP contribution is 2.25. The topological polar surface area (TPSA) is 37.8 Å². The fourth-order valence-electron chi connectivity index (χ4n) is 1.84. The first kappa shape index (κ1) is 13.5. The molecule has 0 unspecified atom stereocenters. The van der Waals surface area contributed by atoms with Crippen LogP contribution in [0.1, 0.15) is 9.88 Å². The molecule has 0 aliphatic heterocycles. The maximum absolute atomic E-state index is 5.82. The van der Waals surface area contributed by atoms with Gasteiger partial charge in [-0.1, -0.05) is 23.7 Å². The van der Waals surface area contributed by atoms with Crippen LogP contribution in [0.15, 0.2) is 35.8 Å². The zero-order valence-electron chi connectivity index (χ0n) is 10.8. The Bertz CT molecular complexity index is 721. The van der Waals surface area contributed by atoms with Crippen LogP contribution in [0.3, 0.4) is 0 Å². The molecule has 0 aliphatic carbocycles. The van der Waals surface area contributed by atoms with Gasteiger partial charge in [0.15, 0.2) is 4.47 Å². The summed E-state index contributed by atoms with van der Waals surface area (Å²) in [6, 6.07) is 8.26. The van der Waals surface area contributed by atoms with Gasteiger partial charge in [0.25, 0.3) is 0 Å². The molecule has 3 aromatic rings. The number of thiazole rings is 2. The zero-order chi connectivity index (χ0) is 13.9. The van der Waals surface area contributed by atoms with Gasteiger partial charge in [-0.05, 0) is 19.1 Å². The van der Waals surface area contributed by atoms with E-state index < -0.39 is 0 Å². The molecule has 102 valence electrons. The van der Waals surface area contributed by atoms with Crippen LogP contribution in [-0.4, -0.2) is 9.97 Å². The molecule has 0 atom stereocenters. The summed E-state index contributed by atoms with van der Waals surface area (Å²) in [7, 11) is 0. The van der Waals surface area contributed by atoms with Crippen LogP contribution in [0.5, 0.6) is 0 Å². The average Bonchev–Trinajstić information content (AvgIpc) is 3.06. The number of hydrogen-bond donors (Lipinski definition) is 1. The van der Waals surface area contributed by atoms with Crippen molar-refractivity contribution in [2.24, 2.45) is 0 Å². The van der Waals surface area contributed by atoms with Crippen LogP contribution < -0.4 is 5.32 Å². The van der Waals surface area contributed by atoms with E-state index in [2.05, 4.69) is 32.8 Å². The number of aryl methyl sites for hydroxylation is 1. The minimum Gasteiger partial charge on any atom is -0.380 e. The van der Waals surface area contributed by atoms with E-state index >= 15 is 0 Å². The Balaban J connectivity index is 1.74. The predicted molar refractivity (Wildman–Crippen MR) is 86.7 cm³/mol. The fraction of sp³-hybridized carbons (Fsp3) is 0.143. The molecule has 0 spiro atoms. The quantitative estimate of drug-likeness (QED) is 0.747. The first-order chi connectivity index (χ1) is 9.70. The van der Waals surface area contributed by atoms with Gasteiger partial charge in [0.05, 0.1) is 17.2 Å². The summed E-state index contributed by atoms with van der Waals surface area (Å²) < 4.78 is 0.577. The van der Waals surface area contributed by atoms with Crippen LogP contribution >= 0.6 is 34.3 Å². The van der Waals surface area contributed by atoms with Crippen LogP contribution in [0.2, 0.25) is 4.47 Å². The van der Waals surface area contributed by atoms with Crippen molar-refractivity contribution in [3.8, 4) is 11.3 Å². The van der Waals surface area contributed by atoms with E-state index in [1.54, 1.807) is 17.5 Å². The van der Waals surface area contributed by atoms with Gasteiger partial charge in [-0.15, -0.1) is 22.7 Å². The third-order valence-electron chi connectivity index (χ3n) is 2.77. The highest BCUT2D eigenvalue weighted by molar-refractivity contribution is 7.15. The maximum Gasteiger partial charge on any atom is 0.183 e. The fourth-order valence-corrected chi connectivity index (χ4v) is 3.38. The van der Waals surface area contributed by atoms with Gasteiger partial charge in [-0.25, -0.2) is 9.97 Å². The third-order valence-corrected chi connectivity index (χ3v) is 4.66. The molecule has 1 N–H and O–H groups in total. The largest absolute Gasteiger partial charge is 0.380 e. The second-order valence-corrected chi connectivity index (χ2v) is 7.03. The van der Waals surface area contributed by atoms with E-state index in [1.807, 2.05) is 19.1 Å². The summed E-state index contributed by atoms with van der Waals surface area (Å²) in [5, 5.41) is 6.54. The number of halogens is 1. The molecule has 0 fully saturated rings. The summed E-state index contributed by atoms with van der Waals surface area (Å²) in [5.41, 5.74) is 3.22. The standard InChI is InChI=1S/C14H12ClN3S2/c1-9-18-13(8-19-9)10-3-2-4-11(5-10)16-6-12-7-17-14(15)20-12/h2-5,7-8,16H,6H2,1H3. The minimum atomic E-state index is 0.577. The number of rotatable bonds is 4. The minimum absolute atomic E-state index is 0.577. The molecular formula is C14H12ClN3S2. The number of hydrogen-bond acceptors (Lipinski definition) is 5. The molecule has 20 heavy (non-hydrogen) atoms. The molecule has 3 nitrogen and oxygen atoms in total. The zero-order valence-corrected chi connectivity index (χ0v) is 13.1. The summed E-state index contributed by atoms with van der Waals surface area (Å²) >= 11 is 8.98. The molecule has 2 heterocycles. The molecule has 3 rings (SSSR count). The van der Waals surface area contributed by atoms with Gasteiger partial charge in [-0.3, -0.25) is 0 Å². The summed E-state index contributed by atoms with van der Waals surface area (Å²) in [6.07, 6.45) is 1.80. The van der Waals surface area contributed by atoms with E-state index in [4.69, 9.17) is 11.6 Å². The Kier molecular flexibility index (Phi) is 4.00. The van der Waals surface area contributed by atoms with Crippen molar-refractivity contribution >= 4 is 40.0 Å². The number of nitrogens with one attached hydrogen (secondary N) is 1. The first-order valence-electron chi connectivity index (χ1n) is 6.07. The predicted octanol–water partition coefficient (Wildman–Crippen LogP) is 4.84. The van der Waals surface area contributed by atoms with Crippen molar-refractivity contribution in [2.45, 2.75) is 13.5 Å². The number of anilines is 1. The number of aromatic nitrogens is 2. The molecular weight excluding hydrogens is 310 g/mol. The van der Waals surface area contributed by atoms with Crippen molar-refractivity contribution in [3.05, 3.63) is 50.2 Å².